The van der Waals surface area contributed by atoms with E-state index in [1.165, 1.54) is 0 Å². The maximum absolute atomic E-state index is 12.7. The van der Waals surface area contributed by atoms with E-state index in [2.05, 4.69) is 5.32 Å². The molecule has 1 heterocycles. The van der Waals surface area contributed by atoms with E-state index >= 15 is 0 Å². The highest BCUT2D eigenvalue weighted by atomic mass is 16.5. The highest BCUT2D eigenvalue weighted by molar-refractivity contribution is 5.82. The molecule has 1 aliphatic rings. The van der Waals surface area contributed by atoms with Gasteiger partial charge in [0.1, 0.15) is 11.5 Å². The van der Waals surface area contributed by atoms with Crippen LogP contribution in [0.2, 0.25) is 0 Å². The normalized spacial score (nSPS) is 17.1. The Morgan fingerprint density at radius 1 is 1.23 bits per heavy atom. The SMILES string of the molecule is COc1ccc(OC)c(C2CCCN2C(=O)CCNC(=O)C(C)(C)C)c1. The number of nitrogens with one attached hydrogen (secondary N) is 1. The zero-order valence-electron chi connectivity index (χ0n) is 16.4. The summed E-state index contributed by atoms with van der Waals surface area (Å²) >= 11 is 0. The van der Waals surface area contributed by atoms with E-state index in [0.29, 0.717) is 13.0 Å². The van der Waals surface area contributed by atoms with E-state index in [0.717, 1.165) is 36.4 Å². The molecule has 1 atom stereocenters. The van der Waals surface area contributed by atoms with Crippen molar-refractivity contribution in [3.63, 3.8) is 0 Å². The van der Waals surface area contributed by atoms with Gasteiger partial charge in [0.05, 0.1) is 20.3 Å². The minimum absolute atomic E-state index is 0.0223. The van der Waals surface area contributed by atoms with Crippen LogP contribution in [0.3, 0.4) is 0 Å². The van der Waals surface area contributed by atoms with Crippen molar-refractivity contribution in [1.82, 2.24) is 10.2 Å². The molecule has 0 spiro atoms. The van der Waals surface area contributed by atoms with E-state index in [9.17, 15) is 9.59 Å². The van der Waals surface area contributed by atoms with E-state index in [4.69, 9.17) is 9.47 Å². The zero-order chi connectivity index (χ0) is 19.3. The lowest BCUT2D eigenvalue weighted by molar-refractivity contribution is -0.132. The van der Waals surface area contributed by atoms with Crippen molar-refractivity contribution in [3.8, 4) is 11.5 Å². The molecular weight excluding hydrogens is 332 g/mol. The molecule has 0 bridgehead atoms. The Balaban J connectivity index is 2.06. The van der Waals surface area contributed by atoms with Crippen molar-refractivity contribution < 1.29 is 19.1 Å². The lowest BCUT2D eigenvalue weighted by Gasteiger charge is -2.27. The van der Waals surface area contributed by atoms with Crippen molar-refractivity contribution >= 4 is 11.8 Å². The van der Waals surface area contributed by atoms with Crippen LogP contribution in [0.5, 0.6) is 11.5 Å². The van der Waals surface area contributed by atoms with Gasteiger partial charge in [-0.1, -0.05) is 20.8 Å². The van der Waals surface area contributed by atoms with Crippen molar-refractivity contribution in [3.05, 3.63) is 23.8 Å². The molecule has 0 saturated carbocycles. The third kappa shape index (κ3) is 4.68. The molecule has 0 aromatic heterocycles. The largest absolute Gasteiger partial charge is 0.497 e. The van der Waals surface area contributed by atoms with Crippen LogP contribution < -0.4 is 14.8 Å². The Labute approximate surface area is 155 Å². The summed E-state index contributed by atoms with van der Waals surface area (Å²) in [5.41, 5.74) is 0.518. The molecule has 6 heteroatoms. The van der Waals surface area contributed by atoms with E-state index in [1.54, 1.807) is 14.2 Å². The Kier molecular flexibility index (Phi) is 6.51. The van der Waals surface area contributed by atoms with Gasteiger partial charge in [0.2, 0.25) is 11.8 Å². The topological polar surface area (TPSA) is 67.9 Å². The number of likely N-dealkylation sites (tertiary alicyclic amines) is 1. The summed E-state index contributed by atoms with van der Waals surface area (Å²) in [6.07, 6.45) is 2.14. The van der Waals surface area contributed by atoms with Gasteiger partial charge < -0.3 is 19.7 Å². The number of rotatable bonds is 6. The summed E-state index contributed by atoms with van der Waals surface area (Å²) in [6.45, 7) is 6.64. The molecule has 6 nitrogen and oxygen atoms in total. The fourth-order valence-electron chi connectivity index (χ4n) is 3.18. The van der Waals surface area contributed by atoms with Crippen LogP contribution in [-0.2, 0) is 9.59 Å². The van der Waals surface area contributed by atoms with Crippen molar-refractivity contribution in [1.29, 1.82) is 0 Å². The highest BCUT2D eigenvalue weighted by Crippen LogP contribution is 2.39. The third-order valence-corrected chi connectivity index (χ3v) is 4.67. The second-order valence-electron chi connectivity index (χ2n) is 7.61. The van der Waals surface area contributed by atoms with Crippen LogP contribution in [0, 0.1) is 5.41 Å². The molecule has 0 aliphatic carbocycles. The van der Waals surface area contributed by atoms with Crippen molar-refractivity contribution in [2.24, 2.45) is 5.41 Å². The molecule has 1 aliphatic heterocycles. The average molecular weight is 362 g/mol. The summed E-state index contributed by atoms with van der Waals surface area (Å²) in [7, 11) is 3.26. The predicted octanol–water partition coefficient (Wildman–Crippen LogP) is 2.92. The number of ether oxygens (including phenoxy) is 2. The van der Waals surface area contributed by atoms with Gasteiger partial charge in [-0.3, -0.25) is 9.59 Å². The summed E-state index contributed by atoms with van der Waals surface area (Å²) in [5.74, 6) is 1.51. The van der Waals surface area contributed by atoms with Gasteiger partial charge in [-0.15, -0.1) is 0 Å². The molecule has 144 valence electrons. The summed E-state index contributed by atoms with van der Waals surface area (Å²) in [6, 6.07) is 5.64. The molecule has 1 fully saturated rings. The number of nitrogens with zero attached hydrogens (tertiary/aromatic N) is 1. The molecule has 1 unspecified atom stereocenters. The molecule has 26 heavy (non-hydrogen) atoms. The first-order valence-corrected chi connectivity index (χ1v) is 9.07. The zero-order valence-corrected chi connectivity index (χ0v) is 16.4. The van der Waals surface area contributed by atoms with Crippen LogP contribution in [0.4, 0.5) is 0 Å². The number of hydrogen-bond donors (Lipinski definition) is 1. The number of methoxy groups -OCH3 is 2. The highest BCUT2D eigenvalue weighted by Gasteiger charge is 2.32. The van der Waals surface area contributed by atoms with Crippen molar-refractivity contribution in [2.75, 3.05) is 27.3 Å². The molecular formula is C20H30N2O4. The Morgan fingerprint density at radius 2 is 1.96 bits per heavy atom. The van der Waals surface area contributed by atoms with E-state index < -0.39 is 5.41 Å². The molecule has 0 radical (unpaired) electrons. The lowest BCUT2D eigenvalue weighted by atomic mass is 9.96. The fourth-order valence-corrected chi connectivity index (χ4v) is 3.18. The number of carbonyl (C=O) groups is 2. The molecule has 2 amide bonds. The minimum Gasteiger partial charge on any atom is -0.497 e. The summed E-state index contributed by atoms with van der Waals surface area (Å²) in [4.78, 5) is 26.5. The lowest BCUT2D eigenvalue weighted by Crippen LogP contribution is -2.38. The van der Waals surface area contributed by atoms with Crippen LogP contribution >= 0.6 is 0 Å². The molecule has 1 aromatic carbocycles. The minimum atomic E-state index is -0.451. The van der Waals surface area contributed by atoms with Crippen LogP contribution in [0.15, 0.2) is 18.2 Å². The second kappa shape index (κ2) is 8.43. The Bertz CT molecular complexity index is 652. The van der Waals surface area contributed by atoms with Gasteiger partial charge in [0, 0.05) is 30.5 Å². The summed E-state index contributed by atoms with van der Waals surface area (Å²) in [5, 5.41) is 2.84. The van der Waals surface area contributed by atoms with Gasteiger partial charge in [-0.05, 0) is 31.0 Å². The maximum Gasteiger partial charge on any atom is 0.225 e. The standard InChI is InChI=1S/C20H30N2O4/c1-20(2,3)19(24)21-11-10-18(23)22-12-6-7-16(22)15-13-14(25-4)8-9-17(15)26-5/h8-9,13,16H,6-7,10-12H2,1-5H3,(H,21,24). The van der Waals surface area contributed by atoms with Gasteiger partial charge in [0.25, 0.3) is 0 Å². The first-order valence-electron chi connectivity index (χ1n) is 9.07. The number of benzene rings is 1. The fraction of sp³-hybridized carbons (Fsp3) is 0.600. The predicted molar refractivity (Wildman–Crippen MR) is 100 cm³/mol. The Hall–Kier alpha value is -2.24. The molecule has 1 aromatic rings. The second-order valence-corrected chi connectivity index (χ2v) is 7.61. The van der Waals surface area contributed by atoms with Gasteiger partial charge in [-0.2, -0.15) is 0 Å². The number of hydrogen-bond acceptors (Lipinski definition) is 4. The van der Waals surface area contributed by atoms with Gasteiger partial charge in [0.15, 0.2) is 0 Å². The first-order chi connectivity index (χ1) is 12.3. The molecule has 1 saturated heterocycles. The molecule has 2 rings (SSSR count). The van der Waals surface area contributed by atoms with Crippen LogP contribution in [0.25, 0.3) is 0 Å². The van der Waals surface area contributed by atoms with Crippen LogP contribution in [0.1, 0.15) is 51.6 Å². The van der Waals surface area contributed by atoms with Gasteiger partial charge in [-0.25, -0.2) is 0 Å². The number of amides is 2. The maximum atomic E-state index is 12.7. The quantitative estimate of drug-likeness (QED) is 0.845. The van der Waals surface area contributed by atoms with Crippen LogP contribution in [-0.4, -0.2) is 44.0 Å². The molecule has 1 N–H and O–H groups in total. The van der Waals surface area contributed by atoms with E-state index in [-0.39, 0.29) is 17.9 Å². The third-order valence-electron chi connectivity index (χ3n) is 4.67. The van der Waals surface area contributed by atoms with Crippen molar-refractivity contribution in [2.45, 2.75) is 46.1 Å². The monoisotopic (exact) mass is 362 g/mol. The number of carbonyl (C=O) groups excluding carboxylic acids is 2. The smallest absolute Gasteiger partial charge is 0.225 e. The Morgan fingerprint density at radius 3 is 2.58 bits per heavy atom. The first kappa shape index (κ1) is 20.1. The summed E-state index contributed by atoms with van der Waals surface area (Å²) < 4.78 is 10.8. The average Bonchev–Trinajstić information content (AvgIpc) is 3.09. The van der Waals surface area contributed by atoms with Gasteiger partial charge >= 0.3 is 0 Å². The van der Waals surface area contributed by atoms with E-state index in [1.807, 2.05) is 43.9 Å².